The molecule has 0 fully saturated rings. The molecule has 0 radical (unpaired) electrons. The highest BCUT2D eigenvalue weighted by atomic mass is 16.2. The first kappa shape index (κ1) is 23.1. The van der Waals surface area contributed by atoms with Crippen LogP contribution in [0, 0.1) is 0 Å². The monoisotopic (exact) mass is 432 g/mol. The number of hydrogen-bond acceptors (Lipinski definition) is 3. The van der Waals surface area contributed by atoms with Gasteiger partial charge in [0, 0.05) is 32.0 Å². The molecule has 0 aliphatic carbocycles. The highest BCUT2D eigenvalue weighted by Gasteiger charge is 2.13. The van der Waals surface area contributed by atoms with Gasteiger partial charge in [0.1, 0.15) is 0 Å². The summed E-state index contributed by atoms with van der Waals surface area (Å²) in [6.07, 6.45) is 3.73. The molecule has 7 nitrogen and oxygen atoms in total. The van der Waals surface area contributed by atoms with Gasteiger partial charge in [0.2, 0.25) is 5.91 Å². The summed E-state index contributed by atoms with van der Waals surface area (Å²) in [6.45, 7) is 7.40. The second-order valence-corrected chi connectivity index (χ2v) is 7.41. The van der Waals surface area contributed by atoms with E-state index in [1.54, 1.807) is 6.20 Å². The number of amides is 1. The number of benzene rings is 2. The van der Waals surface area contributed by atoms with Crippen LogP contribution in [-0.2, 0) is 24.4 Å². The fraction of sp³-hybridized carbons (Fsp3) is 0.320. The normalized spacial score (nSPS) is 11.2. The molecule has 1 aromatic heterocycles. The van der Waals surface area contributed by atoms with Gasteiger partial charge in [-0.05, 0) is 36.6 Å². The molecule has 2 aromatic carbocycles. The number of aliphatic imine (C=N–C) groups is 1. The molecule has 0 atom stereocenters. The van der Waals surface area contributed by atoms with E-state index in [0.29, 0.717) is 32.1 Å². The number of carbonyl (C=O) groups is 1. The number of rotatable bonds is 10. The summed E-state index contributed by atoms with van der Waals surface area (Å²) >= 11 is 0. The Kier molecular flexibility index (Phi) is 8.86. The standard InChI is InChI=1S/C25H32N6O/c1-3-26-25(28-18-24(32)30(4-2)19-21-11-6-5-7-12-21)27-17-22-13-8-9-14-23(22)20-31-16-10-15-29-31/h5-16H,3-4,17-20H2,1-2H3,(H2,26,27,28). The van der Waals surface area contributed by atoms with Crippen molar-refractivity contribution in [3.05, 3.63) is 89.7 Å². The predicted molar refractivity (Wildman–Crippen MR) is 128 cm³/mol. The number of nitrogens with zero attached hydrogens (tertiary/aromatic N) is 4. The number of carbonyl (C=O) groups excluding carboxylic acids is 1. The molecule has 1 heterocycles. The third-order valence-electron chi connectivity index (χ3n) is 5.12. The molecule has 0 saturated heterocycles. The number of hydrogen-bond donors (Lipinski definition) is 2. The van der Waals surface area contributed by atoms with Crippen molar-refractivity contribution in [3.8, 4) is 0 Å². The zero-order chi connectivity index (χ0) is 22.6. The molecule has 0 aliphatic heterocycles. The van der Waals surface area contributed by atoms with E-state index < -0.39 is 0 Å². The molecule has 1 amide bonds. The molecule has 168 valence electrons. The number of likely N-dealkylation sites (N-methyl/N-ethyl adjacent to an activating group) is 1. The lowest BCUT2D eigenvalue weighted by Gasteiger charge is -2.22. The molecule has 32 heavy (non-hydrogen) atoms. The molecule has 0 bridgehead atoms. The average molecular weight is 433 g/mol. The SMILES string of the molecule is CCNC(=NCc1ccccc1Cn1cccn1)NCC(=O)N(CC)Cc1ccccc1. The van der Waals surface area contributed by atoms with Crippen molar-refractivity contribution >= 4 is 11.9 Å². The number of aromatic nitrogens is 2. The van der Waals surface area contributed by atoms with Gasteiger partial charge in [-0.2, -0.15) is 5.10 Å². The van der Waals surface area contributed by atoms with Crippen molar-refractivity contribution in [2.24, 2.45) is 4.99 Å². The van der Waals surface area contributed by atoms with E-state index in [9.17, 15) is 4.79 Å². The highest BCUT2D eigenvalue weighted by molar-refractivity contribution is 5.86. The molecule has 0 spiro atoms. The summed E-state index contributed by atoms with van der Waals surface area (Å²) in [5.41, 5.74) is 3.43. The zero-order valence-corrected chi connectivity index (χ0v) is 18.9. The van der Waals surface area contributed by atoms with Gasteiger partial charge in [-0.3, -0.25) is 9.48 Å². The topological polar surface area (TPSA) is 74.5 Å². The van der Waals surface area contributed by atoms with Crippen LogP contribution in [0.5, 0.6) is 0 Å². The van der Waals surface area contributed by atoms with Gasteiger partial charge < -0.3 is 15.5 Å². The molecule has 3 rings (SSSR count). The maximum Gasteiger partial charge on any atom is 0.242 e. The summed E-state index contributed by atoms with van der Waals surface area (Å²) < 4.78 is 1.90. The minimum Gasteiger partial charge on any atom is -0.357 e. The van der Waals surface area contributed by atoms with E-state index in [1.807, 2.05) is 78.2 Å². The van der Waals surface area contributed by atoms with Gasteiger partial charge in [0.25, 0.3) is 0 Å². The second kappa shape index (κ2) is 12.3. The van der Waals surface area contributed by atoms with Crippen LogP contribution in [0.4, 0.5) is 0 Å². The van der Waals surface area contributed by atoms with Gasteiger partial charge in [0.15, 0.2) is 5.96 Å². The van der Waals surface area contributed by atoms with Gasteiger partial charge in [-0.15, -0.1) is 0 Å². The maximum atomic E-state index is 12.8. The largest absolute Gasteiger partial charge is 0.357 e. The Balaban J connectivity index is 1.61. The maximum absolute atomic E-state index is 12.8. The second-order valence-electron chi connectivity index (χ2n) is 7.41. The van der Waals surface area contributed by atoms with E-state index >= 15 is 0 Å². The van der Waals surface area contributed by atoms with Crippen molar-refractivity contribution in [2.45, 2.75) is 33.5 Å². The summed E-state index contributed by atoms with van der Waals surface area (Å²) in [7, 11) is 0. The lowest BCUT2D eigenvalue weighted by atomic mass is 10.1. The van der Waals surface area contributed by atoms with Crippen molar-refractivity contribution in [1.29, 1.82) is 0 Å². The summed E-state index contributed by atoms with van der Waals surface area (Å²) in [4.78, 5) is 19.3. The fourth-order valence-electron chi connectivity index (χ4n) is 3.39. The average Bonchev–Trinajstić information content (AvgIpc) is 3.33. The van der Waals surface area contributed by atoms with Crippen LogP contribution in [0.25, 0.3) is 0 Å². The Labute approximate surface area is 190 Å². The Morgan fingerprint density at radius 2 is 1.75 bits per heavy atom. The van der Waals surface area contributed by atoms with Crippen molar-refractivity contribution in [1.82, 2.24) is 25.3 Å². The molecular formula is C25H32N6O. The molecule has 0 aliphatic rings. The summed E-state index contributed by atoms with van der Waals surface area (Å²) in [5.74, 6) is 0.673. The van der Waals surface area contributed by atoms with E-state index in [4.69, 9.17) is 4.99 Å². The fourth-order valence-corrected chi connectivity index (χ4v) is 3.39. The van der Waals surface area contributed by atoms with Gasteiger partial charge in [-0.25, -0.2) is 4.99 Å². The Morgan fingerprint density at radius 3 is 2.44 bits per heavy atom. The van der Waals surface area contributed by atoms with Crippen LogP contribution < -0.4 is 10.6 Å². The quantitative estimate of drug-likeness (QED) is 0.381. The molecule has 3 aromatic rings. The van der Waals surface area contributed by atoms with Crippen LogP contribution in [-0.4, -0.2) is 46.2 Å². The van der Waals surface area contributed by atoms with Crippen LogP contribution in [0.1, 0.15) is 30.5 Å². The van der Waals surface area contributed by atoms with Gasteiger partial charge >= 0.3 is 0 Å². The first-order chi connectivity index (χ1) is 15.7. The van der Waals surface area contributed by atoms with E-state index in [-0.39, 0.29) is 12.5 Å². The van der Waals surface area contributed by atoms with Crippen LogP contribution in [0.15, 0.2) is 78.0 Å². The van der Waals surface area contributed by atoms with Crippen molar-refractivity contribution in [2.75, 3.05) is 19.6 Å². The molecule has 7 heteroatoms. The van der Waals surface area contributed by atoms with E-state index in [0.717, 1.165) is 17.7 Å². The minimum atomic E-state index is 0.0426. The van der Waals surface area contributed by atoms with Crippen molar-refractivity contribution < 1.29 is 4.79 Å². The lowest BCUT2D eigenvalue weighted by molar-refractivity contribution is -0.130. The lowest BCUT2D eigenvalue weighted by Crippen LogP contribution is -2.44. The summed E-state index contributed by atoms with van der Waals surface area (Å²) in [5, 5.41) is 10.7. The molecule has 0 unspecified atom stereocenters. The van der Waals surface area contributed by atoms with Gasteiger partial charge in [0.05, 0.1) is 19.6 Å². The Morgan fingerprint density at radius 1 is 1.00 bits per heavy atom. The Bertz CT molecular complexity index is 985. The van der Waals surface area contributed by atoms with Crippen molar-refractivity contribution in [3.63, 3.8) is 0 Å². The first-order valence-electron chi connectivity index (χ1n) is 11.1. The molecular weight excluding hydrogens is 400 g/mol. The smallest absolute Gasteiger partial charge is 0.242 e. The molecule has 0 saturated carbocycles. The van der Waals surface area contributed by atoms with Gasteiger partial charge in [-0.1, -0.05) is 54.6 Å². The first-order valence-corrected chi connectivity index (χ1v) is 11.1. The van der Waals surface area contributed by atoms with Crippen LogP contribution in [0.3, 0.4) is 0 Å². The van der Waals surface area contributed by atoms with E-state index in [2.05, 4.69) is 27.9 Å². The zero-order valence-electron chi connectivity index (χ0n) is 18.9. The van der Waals surface area contributed by atoms with Crippen LogP contribution >= 0.6 is 0 Å². The number of guanidine groups is 1. The third kappa shape index (κ3) is 6.97. The highest BCUT2D eigenvalue weighted by Crippen LogP contribution is 2.12. The third-order valence-corrected chi connectivity index (χ3v) is 5.12. The van der Waals surface area contributed by atoms with Crippen LogP contribution in [0.2, 0.25) is 0 Å². The molecule has 2 N–H and O–H groups in total. The summed E-state index contributed by atoms with van der Waals surface area (Å²) in [6, 6.07) is 20.2. The number of nitrogens with one attached hydrogen (secondary N) is 2. The minimum absolute atomic E-state index is 0.0426. The Hall–Kier alpha value is -3.61. The predicted octanol–water partition coefficient (Wildman–Crippen LogP) is 3.04. The van der Waals surface area contributed by atoms with E-state index in [1.165, 1.54) is 5.56 Å².